The van der Waals surface area contributed by atoms with E-state index in [0.29, 0.717) is 11.1 Å². The molecule has 0 aromatic heterocycles. The zero-order chi connectivity index (χ0) is 12.7. The smallest absolute Gasteiger partial charge is 0.587 e. The molecule has 0 unspecified atom stereocenters. The zero-order valence-electron chi connectivity index (χ0n) is 10.8. The number of hydrogen-bond acceptors (Lipinski definition) is 2. The van der Waals surface area contributed by atoms with Crippen molar-refractivity contribution in [2.24, 2.45) is 0 Å². The number of hydrogen-bond donors (Lipinski definition) is 0. The van der Waals surface area contributed by atoms with Crippen LogP contribution in [0.25, 0.3) is 16.4 Å². The van der Waals surface area contributed by atoms with Crippen molar-refractivity contribution < 1.29 is 67.8 Å². The summed E-state index contributed by atoms with van der Waals surface area (Å²) in [7, 11) is 0. The molecule has 0 bridgehead atoms. The van der Waals surface area contributed by atoms with E-state index in [1.165, 1.54) is 5.56 Å². The van der Waals surface area contributed by atoms with E-state index >= 15 is 0 Å². The van der Waals surface area contributed by atoms with E-state index in [2.05, 4.69) is 5.32 Å². The van der Waals surface area contributed by atoms with E-state index in [4.69, 9.17) is 0 Å². The minimum Gasteiger partial charge on any atom is -0.587 e. The summed E-state index contributed by atoms with van der Waals surface area (Å²) >= 11 is 0. The third-order valence-electron chi connectivity index (χ3n) is 3.07. The first-order valence-corrected chi connectivity index (χ1v) is 5.66. The predicted octanol–water partition coefficient (Wildman–Crippen LogP) is 0.334. The van der Waals surface area contributed by atoms with Crippen molar-refractivity contribution in [2.75, 3.05) is 0 Å². The number of carbonyl (C=O) groups excluding carboxylic acids is 2. The van der Waals surface area contributed by atoms with Crippen LogP contribution in [0.4, 0.5) is 0 Å². The fourth-order valence-corrected chi connectivity index (χ4v) is 2.05. The van der Waals surface area contributed by atoms with Gasteiger partial charge in [-0.2, -0.15) is 0 Å². The molecule has 0 saturated heterocycles. The number of fused-ring (bicyclic) bond motifs is 1. The summed E-state index contributed by atoms with van der Waals surface area (Å²) in [6.45, 7) is 2.02. The third-order valence-corrected chi connectivity index (χ3v) is 3.07. The fraction of sp³-hybridized carbons (Fsp3) is 0.0667. The van der Waals surface area contributed by atoms with Gasteiger partial charge >= 0.3 is 58.2 Å². The summed E-state index contributed by atoms with van der Waals surface area (Å²) in [4.78, 5) is 22.9. The Bertz CT molecular complexity index is 662. The Kier molecular flexibility index (Phi) is 4.51. The van der Waals surface area contributed by atoms with Gasteiger partial charge in [0.05, 0.1) is 11.8 Å². The number of nitrogens with zero attached hydrogens (tertiary/aromatic N) is 1. The predicted molar refractivity (Wildman–Crippen MR) is 68.6 cm³/mol. The van der Waals surface area contributed by atoms with Gasteiger partial charge in [-0.25, -0.2) is 0 Å². The van der Waals surface area contributed by atoms with Gasteiger partial charge in [-0.05, 0) is 24.1 Å². The van der Waals surface area contributed by atoms with E-state index in [9.17, 15) is 9.59 Å². The van der Waals surface area contributed by atoms with Crippen LogP contribution in [0.1, 0.15) is 26.3 Å². The maximum absolute atomic E-state index is 11.5. The maximum atomic E-state index is 11.5. The first-order valence-electron chi connectivity index (χ1n) is 5.66. The summed E-state index contributed by atoms with van der Waals surface area (Å²) in [5.74, 6) is -0.880. The van der Waals surface area contributed by atoms with Gasteiger partial charge in [0.1, 0.15) is 0 Å². The van der Waals surface area contributed by atoms with Gasteiger partial charge in [-0.1, -0.05) is 42.0 Å². The van der Waals surface area contributed by atoms with E-state index in [1.807, 2.05) is 37.3 Å². The molecule has 19 heavy (non-hydrogen) atoms. The third kappa shape index (κ3) is 2.79. The molecule has 0 aliphatic carbocycles. The zero-order valence-corrected chi connectivity index (χ0v) is 15.7. The van der Waals surface area contributed by atoms with Gasteiger partial charge in [-0.3, -0.25) is 0 Å². The Morgan fingerprint density at radius 2 is 1.37 bits per heavy atom. The Morgan fingerprint density at radius 3 is 2.05 bits per heavy atom. The number of carbonyl (C=O) groups is 2. The molecule has 0 spiro atoms. The normalized spacial score (nSPS) is 12.7. The molecule has 0 saturated carbocycles. The van der Waals surface area contributed by atoms with E-state index < -0.39 is 11.8 Å². The molecular formula is C15H10NO2Rb. The number of amides is 2. The summed E-state index contributed by atoms with van der Waals surface area (Å²) < 4.78 is 0. The van der Waals surface area contributed by atoms with E-state index in [0.717, 1.165) is 11.1 Å². The molecule has 0 N–H and O–H groups in total. The number of rotatable bonds is 1. The minimum absolute atomic E-state index is 0. The van der Waals surface area contributed by atoms with Crippen LogP contribution < -0.4 is 58.2 Å². The molecule has 1 aliphatic rings. The van der Waals surface area contributed by atoms with Gasteiger partial charge in [0.2, 0.25) is 0 Å². The van der Waals surface area contributed by atoms with Crippen LogP contribution in [-0.4, -0.2) is 11.8 Å². The molecule has 1 aliphatic heterocycles. The molecule has 2 amide bonds. The molecular weight excluding hydrogens is 312 g/mol. The van der Waals surface area contributed by atoms with Crippen LogP contribution in [0.5, 0.6) is 0 Å². The largest absolute Gasteiger partial charge is 1.00 e. The Hall–Kier alpha value is -0.615. The first-order chi connectivity index (χ1) is 8.65. The average molecular weight is 322 g/mol. The second-order valence-corrected chi connectivity index (χ2v) is 4.35. The van der Waals surface area contributed by atoms with Crippen LogP contribution in [0, 0.1) is 6.92 Å². The van der Waals surface area contributed by atoms with Crippen molar-refractivity contribution in [2.45, 2.75) is 6.92 Å². The van der Waals surface area contributed by atoms with Gasteiger partial charge in [0, 0.05) is 11.1 Å². The van der Waals surface area contributed by atoms with Crippen LogP contribution in [0.3, 0.4) is 0 Å². The number of benzene rings is 2. The molecule has 4 heteroatoms. The molecule has 0 radical (unpaired) electrons. The average Bonchev–Trinajstić information content (AvgIpc) is 2.66. The Morgan fingerprint density at radius 1 is 0.789 bits per heavy atom. The fourth-order valence-electron chi connectivity index (χ4n) is 2.05. The van der Waals surface area contributed by atoms with Crippen LogP contribution in [0.15, 0.2) is 42.5 Å². The number of imide groups is 1. The molecule has 0 atom stereocenters. The van der Waals surface area contributed by atoms with Crippen molar-refractivity contribution in [1.29, 1.82) is 0 Å². The van der Waals surface area contributed by atoms with Gasteiger partial charge in [0.25, 0.3) is 0 Å². The summed E-state index contributed by atoms with van der Waals surface area (Å²) in [6.07, 6.45) is 0. The molecule has 88 valence electrons. The van der Waals surface area contributed by atoms with E-state index in [-0.39, 0.29) is 58.2 Å². The molecule has 3 nitrogen and oxygen atoms in total. The minimum atomic E-state index is -0.441. The van der Waals surface area contributed by atoms with Crippen molar-refractivity contribution >= 4 is 11.8 Å². The Labute approximate surface area is 160 Å². The van der Waals surface area contributed by atoms with Gasteiger partial charge in [0.15, 0.2) is 0 Å². The van der Waals surface area contributed by atoms with Crippen molar-refractivity contribution in [3.8, 4) is 11.1 Å². The van der Waals surface area contributed by atoms with Gasteiger partial charge in [-0.15, -0.1) is 0 Å². The van der Waals surface area contributed by atoms with Gasteiger partial charge < -0.3 is 14.9 Å². The quantitative estimate of drug-likeness (QED) is 0.711. The summed E-state index contributed by atoms with van der Waals surface area (Å²) in [6, 6.07) is 13.3. The van der Waals surface area contributed by atoms with Crippen LogP contribution >= 0.6 is 0 Å². The maximum Gasteiger partial charge on any atom is 1.00 e. The molecule has 2 aromatic rings. The Balaban J connectivity index is 0.00000133. The summed E-state index contributed by atoms with van der Waals surface area (Å²) in [5, 5.41) is 3.43. The molecule has 3 rings (SSSR count). The second-order valence-electron chi connectivity index (χ2n) is 4.35. The number of aryl methyl sites for hydroxylation is 1. The van der Waals surface area contributed by atoms with Crippen molar-refractivity contribution in [3.63, 3.8) is 0 Å². The van der Waals surface area contributed by atoms with Crippen molar-refractivity contribution in [3.05, 3.63) is 64.5 Å². The van der Waals surface area contributed by atoms with Crippen LogP contribution in [0.2, 0.25) is 0 Å². The topological polar surface area (TPSA) is 48.2 Å². The molecule has 1 heterocycles. The van der Waals surface area contributed by atoms with Crippen molar-refractivity contribution in [1.82, 2.24) is 0 Å². The SMILES string of the molecule is Cc1ccc(-c2ccc3c(c2)C(=O)[N-]C3=O)cc1.[Rb+]. The van der Waals surface area contributed by atoms with E-state index in [1.54, 1.807) is 12.1 Å². The van der Waals surface area contributed by atoms with Crippen LogP contribution in [-0.2, 0) is 0 Å². The standard InChI is InChI=1S/C15H11NO2.Rb/c1-9-2-4-10(5-3-9)11-6-7-12-13(8-11)15(18)16-14(12)17;/h2-8H,1H3,(H,16,17,18);/q;+1/p-1. The second kappa shape index (κ2) is 5.79. The first kappa shape index (κ1) is 14.8. The summed E-state index contributed by atoms with van der Waals surface area (Å²) in [5.41, 5.74) is 3.93. The molecule has 2 aromatic carbocycles. The molecule has 0 fully saturated rings. The monoisotopic (exact) mass is 321 g/mol.